The van der Waals surface area contributed by atoms with E-state index in [1.807, 2.05) is 37.4 Å². The van der Waals surface area contributed by atoms with Crippen LogP contribution in [0.15, 0.2) is 35.5 Å². The van der Waals surface area contributed by atoms with Gasteiger partial charge in [0.15, 0.2) is 5.16 Å². The Bertz CT molecular complexity index is 813. The quantitative estimate of drug-likeness (QED) is 0.662. The minimum absolute atomic E-state index is 0.569. The molecule has 0 radical (unpaired) electrons. The molecule has 0 aliphatic heterocycles. The summed E-state index contributed by atoms with van der Waals surface area (Å²) in [6, 6.07) is 9.70. The first kappa shape index (κ1) is 14.3. The van der Waals surface area contributed by atoms with E-state index in [1.54, 1.807) is 11.8 Å². The number of thioether (sulfide) groups is 1. The van der Waals surface area contributed by atoms with Crippen molar-refractivity contribution < 1.29 is 4.74 Å². The number of H-pyrrole nitrogens is 1. The van der Waals surface area contributed by atoms with E-state index < -0.39 is 0 Å². The summed E-state index contributed by atoms with van der Waals surface area (Å²) < 4.78 is 5.98. The van der Waals surface area contributed by atoms with Crippen LogP contribution < -0.4 is 4.74 Å². The van der Waals surface area contributed by atoms with Gasteiger partial charge in [-0.25, -0.2) is 4.98 Å². The standard InChI is InChI=1S/C16H15ClN2OS/c1-9-5-4-6-14(10(9)2)20-15-8-13-12(7-11(15)17)18-16(19-13)21-3/h4-8H,1-3H3,(H,18,19). The topological polar surface area (TPSA) is 37.9 Å². The maximum absolute atomic E-state index is 6.32. The molecule has 3 aromatic rings. The van der Waals surface area contributed by atoms with Gasteiger partial charge < -0.3 is 9.72 Å². The Morgan fingerprint density at radius 2 is 2.00 bits per heavy atom. The number of benzene rings is 2. The second kappa shape index (κ2) is 5.62. The summed E-state index contributed by atoms with van der Waals surface area (Å²) >= 11 is 7.88. The van der Waals surface area contributed by atoms with Crippen molar-refractivity contribution in [2.75, 3.05) is 6.26 Å². The van der Waals surface area contributed by atoms with Crippen LogP contribution in [-0.4, -0.2) is 16.2 Å². The molecule has 5 heteroatoms. The molecule has 1 N–H and O–H groups in total. The summed E-state index contributed by atoms with van der Waals surface area (Å²) in [5, 5.41) is 1.43. The predicted molar refractivity (Wildman–Crippen MR) is 88.9 cm³/mol. The highest BCUT2D eigenvalue weighted by Gasteiger charge is 2.11. The fourth-order valence-electron chi connectivity index (χ4n) is 2.12. The van der Waals surface area contributed by atoms with Gasteiger partial charge in [-0.1, -0.05) is 35.5 Å². The number of rotatable bonds is 3. The normalized spacial score (nSPS) is 11.0. The molecule has 108 valence electrons. The molecule has 2 aromatic carbocycles. The van der Waals surface area contributed by atoms with E-state index in [2.05, 4.69) is 23.0 Å². The van der Waals surface area contributed by atoms with Gasteiger partial charge in [-0.2, -0.15) is 0 Å². The number of aromatic nitrogens is 2. The highest BCUT2D eigenvalue weighted by atomic mass is 35.5. The first-order valence-electron chi connectivity index (χ1n) is 6.56. The van der Waals surface area contributed by atoms with Gasteiger partial charge >= 0.3 is 0 Å². The van der Waals surface area contributed by atoms with E-state index in [0.29, 0.717) is 10.8 Å². The van der Waals surface area contributed by atoms with E-state index >= 15 is 0 Å². The Balaban J connectivity index is 2.03. The van der Waals surface area contributed by atoms with E-state index in [4.69, 9.17) is 16.3 Å². The van der Waals surface area contributed by atoms with E-state index in [1.165, 1.54) is 5.56 Å². The molecule has 0 bridgehead atoms. The molecule has 0 unspecified atom stereocenters. The van der Waals surface area contributed by atoms with Gasteiger partial charge in [0, 0.05) is 6.07 Å². The van der Waals surface area contributed by atoms with Gasteiger partial charge in [0.05, 0.1) is 16.1 Å². The van der Waals surface area contributed by atoms with Crippen molar-refractivity contribution in [3.05, 3.63) is 46.5 Å². The lowest BCUT2D eigenvalue weighted by atomic mass is 10.1. The van der Waals surface area contributed by atoms with Crippen LogP contribution >= 0.6 is 23.4 Å². The van der Waals surface area contributed by atoms with Gasteiger partial charge in [0.2, 0.25) is 0 Å². The van der Waals surface area contributed by atoms with Crippen molar-refractivity contribution >= 4 is 34.4 Å². The third-order valence-electron chi connectivity index (χ3n) is 3.48. The smallest absolute Gasteiger partial charge is 0.166 e. The number of aryl methyl sites for hydroxylation is 1. The summed E-state index contributed by atoms with van der Waals surface area (Å²) in [5.41, 5.74) is 4.07. The average molecular weight is 319 g/mol. The van der Waals surface area contributed by atoms with Gasteiger partial charge in [0.25, 0.3) is 0 Å². The molecule has 0 saturated carbocycles. The molecule has 3 nitrogen and oxygen atoms in total. The van der Waals surface area contributed by atoms with E-state index in [9.17, 15) is 0 Å². The van der Waals surface area contributed by atoms with Crippen molar-refractivity contribution in [1.29, 1.82) is 0 Å². The predicted octanol–water partition coefficient (Wildman–Crippen LogP) is 5.35. The molecule has 0 amide bonds. The minimum atomic E-state index is 0.569. The summed E-state index contributed by atoms with van der Waals surface area (Å²) in [4.78, 5) is 7.69. The van der Waals surface area contributed by atoms with Crippen LogP contribution in [0.3, 0.4) is 0 Å². The third-order valence-corrected chi connectivity index (χ3v) is 4.36. The van der Waals surface area contributed by atoms with Crippen molar-refractivity contribution in [3.8, 4) is 11.5 Å². The number of hydrogen-bond donors (Lipinski definition) is 1. The number of nitrogens with zero attached hydrogens (tertiary/aromatic N) is 1. The first-order chi connectivity index (χ1) is 10.1. The van der Waals surface area contributed by atoms with Crippen LogP contribution in [0.25, 0.3) is 11.0 Å². The molecule has 0 fully saturated rings. The first-order valence-corrected chi connectivity index (χ1v) is 8.16. The largest absolute Gasteiger partial charge is 0.455 e. The number of imidazole rings is 1. The van der Waals surface area contributed by atoms with Gasteiger partial charge in [-0.05, 0) is 43.4 Å². The molecule has 1 aromatic heterocycles. The van der Waals surface area contributed by atoms with Crippen LogP contribution in [0.5, 0.6) is 11.5 Å². The fraction of sp³-hybridized carbons (Fsp3) is 0.188. The van der Waals surface area contributed by atoms with Crippen LogP contribution in [0, 0.1) is 13.8 Å². The van der Waals surface area contributed by atoms with Crippen LogP contribution in [-0.2, 0) is 0 Å². The number of ether oxygens (including phenoxy) is 1. The second-order valence-electron chi connectivity index (χ2n) is 4.85. The highest BCUT2D eigenvalue weighted by molar-refractivity contribution is 7.98. The Morgan fingerprint density at radius 3 is 2.76 bits per heavy atom. The number of nitrogens with one attached hydrogen (secondary N) is 1. The summed E-state index contributed by atoms with van der Waals surface area (Å²) in [6.45, 7) is 4.10. The summed E-state index contributed by atoms with van der Waals surface area (Å²) in [5.74, 6) is 1.44. The van der Waals surface area contributed by atoms with Crippen molar-refractivity contribution in [2.45, 2.75) is 19.0 Å². The molecule has 0 aliphatic carbocycles. The van der Waals surface area contributed by atoms with E-state index in [-0.39, 0.29) is 0 Å². The number of aromatic amines is 1. The van der Waals surface area contributed by atoms with E-state index in [0.717, 1.165) is 27.5 Å². The third kappa shape index (κ3) is 2.74. The molecular weight excluding hydrogens is 304 g/mol. The van der Waals surface area contributed by atoms with Gasteiger partial charge in [-0.3, -0.25) is 0 Å². The fourth-order valence-corrected chi connectivity index (χ4v) is 2.72. The molecule has 21 heavy (non-hydrogen) atoms. The zero-order valence-electron chi connectivity index (χ0n) is 12.0. The lowest BCUT2D eigenvalue weighted by Gasteiger charge is -2.11. The Kier molecular flexibility index (Phi) is 3.83. The Hall–Kier alpha value is -1.65. The number of halogens is 1. The Morgan fingerprint density at radius 1 is 1.19 bits per heavy atom. The lowest BCUT2D eigenvalue weighted by molar-refractivity contribution is 0.479. The molecular formula is C16H15ClN2OS. The molecule has 0 saturated heterocycles. The van der Waals surface area contributed by atoms with Gasteiger partial charge in [0.1, 0.15) is 11.5 Å². The molecule has 1 heterocycles. The average Bonchev–Trinajstić information content (AvgIpc) is 2.86. The molecule has 3 rings (SSSR count). The summed E-state index contributed by atoms with van der Waals surface area (Å²) in [6.07, 6.45) is 1.98. The van der Waals surface area contributed by atoms with Crippen molar-refractivity contribution in [2.24, 2.45) is 0 Å². The zero-order chi connectivity index (χ0) is 15.0. The van der Waals surface area contributed by atoms with Crippen molar-refractivity contribution in [3.63, 3.8) is 0 Å². The zero-order valence-corrected chi connectivity index (χ0v) is 13.6. The second-order valence-corrected chi connectivity index (χ2v) is 6.05. The molecule has 0 spiro atoms. The number of hydrogen-bond acceptors (Lipinski definition) is 3. The maximum Gasteiger partial charge on any atom is 0.166 e. The van der Waals surface area contributed by atoms with Crippen LogP contribution in [0.1, 0.15) is 11.1 Å². The molecule has 0 aliphatic rings. The SMILES string of the molecule is CSc1nc2cc(Oc3cccc(C)c3C)c(Cl)cc2[nH]1. The van der Waals surface area contributed by atoms with Gasteiger partial charge in [-0.15, -0.1) is 0 Å². The van der Waals surface area contributed by atoms with Crippen molar-refractivity contribution in [1.82, 2.24) is 9.97 Å². The maximum atomic E-state index is 6.32. The van der Waals surface area contributed by atoms with Crippen LogP contribution in [0.2, 0.25) is 5.02 Å². The molecule has 0 atom stereocenters. The Labute approximate surface area is 132 Å². The highest BCUT2D eigenvalue weighted by Crippen LogP contribution is 2.35. The number of fused-ring (bicyclic) bond motifs is 1. The minimum Gasteiger partial charge on any atom is -0.455 e. The van der Waals surface area contributed by atoms with Crippen LogP contribution in [0.4, 0.5) is 0 Å². The monoisotopic (exact) mass is 318 g/mol. The lowest BCUT2D eigenvalue weighted by Crippen LogP contribution is -1.90. The summed E-state index contributed by atoms with van der Waals surface area (Å²) in [7, 11) is 0.